The van der Waals surface area contributed by atoms with E-state index in [0.29, 0.717) is 12.0 Å². The predicted octanol–water partition coefficient (Wildman–Crippen LogP) is 5.51. The molecule has 11 nitrogen and oxygen atoms in total. The molecule has 1 aromatic carbocycles. The van der Waals surface area contributed by atoms with Crippen molar-refractivity contribution in [1.82, 2.24) is 5.32 Å². The smallest absolute Gasteiger partial charge is 0.480 e. The third-order valence-corrected chi connectivity index (χ3v) is 6.29. The lowest BCUT2D eigenvalue weighted by molar-refractivity contribution is -0.148. The normalized spacial score (nSPS) is 14.2. The van der Waals surface area contributed by atoms with Crippen LogP contribution in [-0.2, 0) is 30.2 Å². The van der Waals surface area contributed by atoms with Gasteiger partial charge in [0.25, 0.3) is 0 Å². The van der Waals surface area contributed by atoms with Crippen LogP contribution in [0.1, 0.15) is 80.2 Å². The predicted molar refractivity (Wildman–Crippen MR) is 147 cm³/mol. The second kappa shape index (κ2) is 17.4. The monoisotopic (exact) mass is 567 g/mol. The van der Waals surface area contributed by atoms with Crippen LogP contribution in [0.5, 0.6) is 11.5 Å². The first-order valence-corrected chi connectivity index (χ1v) is 13.8. The van der Waals surface area contributed by atoms with Crippen molar-refractivity contribution < 1.29 is 48.0 Å². The number of esters is 1. The number of aliphatic carboxylic acids is 1. The number of carboxylic acids is 1. The zero-order valence-electron chi connectivity index (χ0n) is 24.9. The van der Waals surface area contributed by atoms with Crippen LogP contribution in [0.25, 0.3) is 0 Å². The molecule has 226 valence electrons. The molecule has 0 aliphatic rings. The van der Waals surface area contributed by atoms with Crippen LogP contribution in [0.4, 0.5) is 9.59 Å². The van der Waals surface area contributed by atoms with E-state index in [1.165, 1.54) is 12.1 Å². The minimum absolute atomic E-state index is 0.00521. The number of rotatable bonds is 16. The summed E-state index contributed by atoms with van der Waals surface area (Å²) < 4.78 is 26.5. The van der Waals surface area contributed by atoms with Gasteiger partial charge in [0.2, 0.25) is 0 Å². The lowest BCUT2D eigenvalue weighted by atomic mass is 10.0. The SMILES string of the molecule is CCCCC(=O)OC(C)CN[C@@H](Cc1ccc(OC(=O)OC(C)C(C)C)c(OC(=O)OC(C)C(C)C)c1)C(=O)O. The number of hydrogen-bond donors (Lipinski definition) is 2. The zero-order chi connectivity index (χ0) is 30.4. The summed E-state index contributed by atoms with van der Waals surface area (Å²) in [6.45, 7) is 14.7. The van der Waals surface area contributed by atoms with E-state index in [1.54, 1.807) is 26.8 Å². The lowest BCUT2D eigenvalue weighted by Crippen LogP contribution is -2.42. The standard InChI is InChI=1S/C29H45NO10/c1-9-10-11-26(31)36-19(6)16-30-23(27(32)33)14-22-12-13-24(39-28(34)37-20(7)17(2)3)25(15-22)40-29(35)38-21(8)18(4)5/h12-13,15,17-21,23,30H,9-11,14,16H2,1-8H3,(H,32,33)/t19?,20?,21?,23-/m0/s1. The molecule has 0 fully saturated rings. The van der Waals surface area contributed by atoms with Crippen LogP contribution in [-0.4, -0.2) is 60.3 Å². The Morgan fingerprint density at radius 3 is 1.88 bits per heavy atom. The topological polar surface area (TPSA) is 147 Å². The Kier molecular flexibility index (Phi) is 15.1. The summed E-state index contributed by atoms with van der Waals surface area (Å²) in [6, 6.07) is 3.31. The number of nitrogens with one attached hydrogen (secondary N) is 1. The molecule has 0 radical (unpaired) electrons. The highest BCUT2D eigenvalue weighted by molar-refractivity contribution is 5.74. The molecule has 3 unspecified atom stereocenters. The molecule has 40 heavy (non-hydrogen) atoms. The van der Waals surface area contributed by atoms with Crippen molar-refractivity contribution in [3.8, 4) is 11.5 Å². The van der Waals surface area contributed by atoms with Gasteiger partial charge in [0.1, 0.15) is 24.4 Å². The first-order chi connectivity index (χ1) is 18.7. The number of unbranched alkanes of at least 4 members (excludes halogenated alkanes) is 1. The summed E-state index contributed by atoms with van der Waals surface area (Å²) in [5, 5.41) is 12.6. The fourth-order valence-electron chi connectivity index (χ4n) is 3.08. The molecule has 0 aliphatic heterocycles. The van der Waals surface area contributed by atoms with E-state index >= 15 is 0 Å². The van der Waals surface area contributed by atoms with Gasteiger partial charge in [-0.1, -0.05) is 47.1 Å². The molecule has 0 saturated carbocycles. The van der Waals surface area contributed by atoms with Crippen molar-refractivity contribution in [1.29, 1.82) is 0 Å². The van der Waals surface area contributed by atoms with E-state index in [2.05, 4.69) is 5.32 Å². The molecule has 0 amide bonds. The minimum Gasteiger partial charge on any atom is -0.480 e. The highest BCUT2D eigenvalue weighted by Crippen LogP contribution is 2.30. The third-order valence-electron chi connectivity index (χ3n) is 6.29. The van der Waals surface area contributed by atoms with Gasteiger partial charge in [-0.2, -0.15) is 0 Å². The van der Waals surface area contributed by atoms with Gasteiger partial charge in [0, 0.05) is 13.0 Å². The summed E-state index contributed by atoms with van der Waals surface area (Å²) in [7, 11) is 0. The second-order valence-electron chi connectivity index (χ2n) is 10.5. The summed E-state index contributed by atoms with van der Waals surface area (Å²) in [5.41, 5.74) is 0.475. The van der Waals surface area contributed by atoms with Crippen LogP contribution in [0, 0.1) is 11.8 Å². The minimum atomic E-state index is -1.12. The fourth-order valence-corrected chi connectivity index (χ4v) is 3.08. The number of ether oxygens (including phenoxy) is 5. The van der Waals surface area contributed by atoms with E-state index in [1.807, 2.05) is 34.6 Å². The summed E-state index contributed by atoms with van der Waals surface area (Å²) in [6.07, 6.45) is -1.46. The molecule has 2 N–H and O–H groups in total. The number of carboxylic acid groups (broad SMARTS) is 1. The van der Waals surface area contributed by atoms with Gasteiger partial charge < -0.3 is 34.1 Å². The molecular weight excluding hydrogens is 522 g/mol. The van der Waals surface area contributed by atoms with Crippen LogP contribution in [0.2, 0.25) is 0 Å². The van der Waals surface area contributed by atoms with Gasteiger partial charge in [-0.15, -0.1) is 0 Å². The Labute approximate surface area is 236 Å². The fraction of sp³-hybridized carbons (Fsp3) is 0.655. The number of carbonyl (C=O) groups is 4. The quantitative estimate of drug-likeness (QED) is 0.148. The van der Waals surface area contributed by atoms with Crippen LogP contribution >= 0.6 is 0 Å². The Morgan fingerprint density at radius 2 is 1.38 bits per heavy atom. The van der Waals surface area contributed by atoms with Gasteiger partial charge in [0.15, 0.2) is 11.5 Å². The van der Waals surface area contributed by atoms with E-state index in [4.69, 9.17) is 23.7 Å². The maximum absolute atomic E-state index is 12.4. The number of carbonyl (C=O) groups excluding carboxylic acids is 3. The highest BCUT2D eigenvalue weighted by Gasteiger charge is 2.24. The Bertz CT molecular complexity index is 978. The van der Waals surface area contributed by atoms with Crippen molar-refractivity contribution in [3.05, 3.63) is 23.8 Å². The lowest BCUT2D eigenvalue weighted by Gasteiger charge is -2.20. The maximum atomic E-state index is 12.4. The van der Waals surface area contributed by atoms with Crippen molar-refractivity contribution in [2.24, 2.45) is 11.8 Å². The van der Waals surface area contributed by atoms with Gasteiger partial charge in [0.05, 0.1) is 0 Å². The average Bonchev–Trinajstić information content (AvgIpc) is 2.86. The largest absolute Gasteiger partial charge is 0.514 e. The van der Waals surface area contributed by atoms with Gasteiger partial charge in [-0.25, -0.2) is 9.59 Å². The van der Waals surface area contributed by atoms with Gasteiger partial charge >= 0.3 is 24.2 Å². The second-order valence-corrected chi connectivity index (χ2v) is 10.5. The van der Waals surface area contributed by atoms with Crippen LogP contribution in [0.3, 0.4) is 0 Å². The van der Waals surface area contributed by atoms with Crippen molar-refractivity contribution >= 4 is 24.2 Å². The van der Waals surface area contributed by atoms with Crippen molar-refractivity contribution in [3.63, 3.8) is 0 Å². The molecule has 4 atom stereocenters. The molecule has 0 heterocycles. The molecule has 0 aliphatic carbocycles. The Balaban J connectivity index is 3.05. The van der Waals surface area contributed by atoms with Crippen molar-refractivity contribution in [2.45, 2.75) is 105 Å². The summed E-state index contributed by atoms with van der Waals surface area (Å²) >= 11 is 0. The molecule has 11 heteroatoms. The maximum Gasteiger partial charge on any atom is 0.514 e. The van der Waals surface area contributed by atoms with E-state index < -0.39 is 42.6 Å². The summed E-state index contributed by atoms with van der Waals surface area (Å²) in [5.74, 6) is -1.58. The molecule has 1 aromatic rings. The van der Waals surface area contributed by atoms with E-state index in [-0.39, 0.29) is 42.3 Å². The zero-order valence-corrected chi connectivity index (χ0v) is 24.9. The van der Waals surface area contributed by atoms with Crippen LogP contribution in [0.15, 0.2) is 18.2 Å². The molecule has 0 spiro atoms. The summed E-state index contributed by atoms with van der Waals surface area (Å²) in [4.78, 5) is 48.6. The molecule has 0 aromatic heterocycles. The molecule has 0 bridgehead atoms. The van der Waals surface area contributed by atoms with E-state index in [0.717, 1.165) is 12.8 Å². The average molecular weight is 568 g/mol. The number of hydrogen-bond acceptors (Lipinski definition) is 10. The molecular formula is C29H45NO10. The Morgan fingerprint density at radius 1 is 0.825 bits per heavy atom. The first-order valence-electron chi connectivity index (χ1n) is 13.8. The highest BCUT2D eigenvalue weighted by atomic mass is 16.7. The first kappa shape index (κ1) is 34.7. The van der Waals surface area contributed by atoms with Gasteiger partial charge in [-0.05, 0) is 63.1 Å². The molecule has 0 saturated heterocycles. The number of benzene rings is 1. The third kappa shape index (κ3) is 13.1. The molecule has 1 rings (SSSR count). The van der Waals surface area contributed by atoms with E-state index in [9.17, 15) is 24.3 Å². The van der Waals surface area contributed by atoms with Gasteiger partial charge in [-0.3, -0.25) is 9.59 Å². The Hall–Kier alpha value is -3.34. The van der Waals surface area contributed by atoms with Crippen LogP contribution < -0.4 is 14.8 Å². The van der Waals surface area contributed by atoms with Crippen molar-refractivity contribution in [2.75, 3.05) is 6.54 Å².